The summed E-state index contributed by atoms with van der Waals surface area (Å²) in [6, 6.07) is 18.8. The van der Waals surface area contributed by atoms with Crippen LogP contribution < -0.4 is 18.9 Å². The first-order chi connectivity index (χ1) is 18.1. The van der Waals surface area contributed by atoms with Crippen LogP contribution in [0.25, 0.3) is 0 Å². The third-order valence-corrected chi connectivity index (χ3v) is 6.20. The molecule has 4 rings (SSSR count). The minimum absolute atomic E-state index is 0.0491. The Morgan fingerprint density at radius 2 is 1.03 bits per heavy atom. The van der Waals surface area contributed by atoms with Gasteiger partial charge in [-0.2, -0.15) is 13.2 Å². The van der Waals surface area contributed by atoms with Gasteiger partial charge in [-0.25, -0.2) is 0 Å². The lowest BCUT2D eigenvalue weighted by molar-refractivity contribution is -0.166. The van der Waals surface area contributed by atoms with Crippen molar-refractivity contribution in [2.75, 3.05) is 21.3 Å². The molecule has 0 fully saturated rings. The fourth-order valence-corrected chi connectivity index (χ4v) is 4.47. The van der Waals surface area contributed by atoms with E-state index in [1.54, 1.807) is 24.3 Å². The van der Waals surface area contributed by atoms with Gasteiger partial charge >= 0.3 is 6.18 Å². The van der Waals surface area contributed by atoms with Crippen LogP contribution in [0.3, 0.4) is 0 Å². The van der Waals surface area contributed by atoms with Gasteiger partial charge in [0.15, 0.2) is 11.5 Å². The molecule has 0 aliphatic carbocycles. The lowest BCUT2D eigenvalue weighted by Crippen LogP contribution is -2.44. The SMILES string of the molecule is COc1ccc(Oc2ccc(C(c3ccc(O)cc3)(c3ccc(O)cc3)C(F)(F)F)c(OC)c2OC)cc1. The summed E-state index contributed by atoms with van der Waals surface area (Å²) < 4.78 is 68.5. The first-order valence-electron chi connectivity index (χ1n) is 11.4. The number of phenols is 2. The minimum Gasteiger partial charge on any atom is -0.508 e. The maximum Gasteiger partial charge on any atom is 0.406 e. The molecular formula is C29H25F3O6. The number of alkyl halides is 3. The number of rotatable bonds is 8. The van der Waals surface area contributed by atoms with Crippen molar-refractivity contribution < 1.29 is 42.3 Å². The quantitative estimate of drug-likeness (QED) is 0.246. The zero-order valence-corrected chi connectivity index (χ0v) is 20.7. The van der Waals surface area contributed by atoms with Crippen LogP contribution in [0.1, 0.15) is 16.7 Å². The summed E-state index contributed by atoms with van der Waals surface area (Å²) in [5, 5.41) is 19.6. The fourth-order valence-electron chi connectivity index (χ4n) is 4.47. The third-order valence-electron chi connectivity index (χ3n) is 6.20. The highest BCUT2D eigenvalue weighted by Crippen LogP contribution is 2.57. The molecule has 4 aromatic carbocycles. The van der Waals surface area contributed by atoms with E-state index in [1.807, 2.05) is 0 Å². The Morgan fingerprint density at radius 3 is 1.45 bits per heavy atom. The number of benzene rings is 4. The van der Waals surface area contributed by atoms with E-state index in [9.17, 15) is 10.2 Å². The zero-order valence-electron chi connectivity index (χ0n) is 20.7. The number of hydrogen-bond acceptors (Lipinski definition) is 6. The molecule has 0 saturated carbocycles. The van der Waals surface area contributed by atoms with Crippen molar-refractivity contribution in [1.82, 2.24) is 0 Å². The summed E-state index contributed by atoms with van der Waals surface area (Å²) in [4.78, 5) is 0. The molecule has 0 atom stereocenters. The summed E-state index contributed by atoms with van der Waals surface area (Å²) >= 11 is 0. The predicted octanol–water partition coefficient (Wildman–Crippen LogP) is 6.81. The van der Waals surface area contributed by atoms with Crippen LogP contribution in [0, 0.1) is 0 Å². The molecule has 198 valence electrons. The molecule has 0 saturated heterocycles. The van der Waals surface area contributed by atoms with Crippen molar-refractivity contribution in [3.05, 3.63) is 102 Å². The lowest BCUT2D eigenvalue weighted by Gasteiger charge is -2.38. The Labute approximate surface area is 217 Å². The molecule has 0 amide bonds. The summed E-state index contributed by atoms with van der Waals surface area (Å²) in [5.74, 6) is 0.509. The molecule has 0 unspecified atom stereocenters. The lowest BCUT2D eigenvalue weighted by atomic mass is 9.68. The van der Waals surface area contributed by atoms with Gasteiger partial charge in [0.1, 0.15) is 28.4 Å². The monoisotopic (exact) mass is 526 g/mol. The van der Waals surface area contributed by atoms with E-state index < -0.39 is 11.6 Å². The predicted molar refractivity (Wildman–Crippen MR) is 135 cm³/mol. The van der Waals surface area contributed by atoms with Gasteiger partial charge < -0.3 is 29.2 Å². The molecule has 0 aliphatic rings. The van der Waals surface area contributed by atoms with Crippen LogP contribution in [0.5, 0.6) is 40.2 Å². The van der Waals surface area contributed by atoms with Gasteiger partial charge in [-0.1, -0.05) is 24.3 Å². The number of phenolic OH excluding ortho intramolecular Hbond substituents is 2. The Balaban J connectivity index is 2.01. The standard InChI is InChI=1S/C29H25F3O6/c1-35-22-12-14-23(15-13-22)38-25-17-16-24(26(36-2)27(25)37-3)28(29(30,31)32,18-4-8-20(33)9-5-18)19-6-10-21(34)11-7-19/h4-17,33-34H,1-3H3. The highest BCUT2D eigenvalue weighted by molar-refractivity contribution is 5.65. The van der Waals surface area contributed by atoms with Crippen LogP contribution in [-0.4, -0.2) is 37.7 Å². The van der Waals surface area contributed by atoms with Gasteiger partial charge in [-0.05, 0) is 71.8 Å². The number of ether oxygens (including phenoxy) is 4. The van der Waals surface area contributed by atoms with E-state index in [4.69, 9.17) is 18.9 Å². The molecule has 9 heteroatoms. The summed E-state index contributed by atoms with van der Waals surface area (Å²) in [7, 11) is 4.07. The van der Waals surface area contributed by atoms with E-state index in [-0.39, 0.29) is 45.4 Å². The third kappa shape index (κ3) is 4.63. The summed E-state index contributed by atoms with van der Waals surface area (Å²) in [6.45, 7) is 0. The van der Waals surface area contributed by atoms with Crippen molar-refractivity contribution in [3.8, 4) is 40.2 Å². The van der Waals surface area contributed by atoms with Gasteiger partial charge in [0, 0.05) is 5.56 Å². The van der Waals surface area contributed by atoms with Crippen LogP contribution >= 0.6 is 0 Å². The van der Waals surface area contributed by atoms with E-state index in [0.29, 0.717) is 11.5 Å². The van der Waals surface area contributed by atoms with Gasteiger partial charge in [-0.15, -0.1) is 0 Å². The molecule has 0 aromatic heterocycles. The maximum absolute atomic E-state index is 15.4. The Kier molecular flexibility index (Phi) is 7.30. The van der Waals surface area contributed by atoms with Crippen molar-refractivity contribution in [2.45, 2.75) is 11.6 Å². The van der Waals surface area contributed by atoms with Crippen LogP contribution in [0.2, 0.25) is 0 Å². The molecule has 0 radical (unpaired) electrons. The van der Waals surface area contributed by atoms with Gasteiger partial charge in [-0.3, -0.25) is 0 Å². The minimum atomic E-state index is -4.91. The van der Waals surface area contributed by atoms with Crippen molar-refractivity contribution in [2.24, 2.45) is 0 Å². The van der Waals surface area contributed by atoms with Gasteiger partial charge in [0.2, 0.25) is 5.75 Å². The van der Waals surface area contributed by atoms with Crippen molar-refractivity contribution in [3.63, 3.8) is 0 Å². The smallest absolute Gasteiger partial charge is 0.406 e. The highest BCUT2D eigenvalue weighted by atomic mass is 19.4. The molecular weight excluding hydrogens is 501 g/mol. The van der Waals surface area contributed by atoms with Crippen molar-refractivity contribution >= 4 is 0 Å². The summed E-state index contributed by atoms with van der Waals surface area (Å²) in [6.07, 6.45) is -4.91. The Bertz CT molecular complexity index is 1340. The molecule has 4 aromatic rings. The average Bonchev–Trinajstić information content (AvgIpc) is 2.91. The molecule has 0 aliphatic heterocycles. The number of hydrogen-bond donors (Lipinski definition) is 2. The van der Waals surface area contributed by atoms with E-state index in [2.05, 4.69) is 0 Å². The second kappa shape index (κ2) is 10.5. The van der Waals surface area contributed by atoms with Crippen molar-refractivity contribution in [1.29, 1.82) is 0 Å². The zero-order chi connectivity index (χ0) is 27.5. The first kappa shape index (κ1) is 26.5. The molecule has 2 N–H and O–H groups in total. The Morgan fingerprint density at radius 1 is 0.553 bits per heavy atom. The number of aromatic hydroxyl groups is 2. The van der Waals surface area contributed by atoms with Gasteiger partial charge in [0.05, 0.1) is 21.3 Å². The van der Waals surface area contributed by atoms with Crippen LogP contribution in [0.4, 0.5) is 13.2 Å². The topological polar surface area (TPSA) is 77.4 Å². The second-order valence-electron chi connectivity index (χ2n) is 8.30. The summed E-state index contributed by atoms with van der Waals surface area (Å²) in [5.41, 5.74) is -3.41. The average molecular weight is 527 g/mol. The van der Waals surface area contributed by atoms with E-state index in [1.165, 1.54) is 82.0 Å². The highest BCUT2D eigenvalue weighted by Gasteiger charge is 2.60. The van der Waals surface area contributed by atoms with E-state index >= 15 is 13.2 Å². The normalized spacial score (nSPS) is 11.6. The second-order valence-corrected chi connectivity index (χ2v) is 8.30. The molecule has 6 nitrogen and oxygen atoms in total. The fraction of sp³-hybridized carbons (Fsp3) is 0.172. The van der Waals surface area contributed by atoms with Crippen LogP contribution in [-0.2, 0) is 5.41 Å². The maximum atomic E-state index is 15.4. The van der Waals surface area contributed by atoms with E-state index in [0.717, 1.165) is 0 Å². The molecule has 0 bridgehead atoms. The number of halogens is 3. The molecule has 0 spiro atoms. The largest absolute Gasteiger partial charge is 0.508 e. The van der Waals surface area contributed by atoms with Gasteiger partial charge in [0.25, 0.3) is 0 Å². The molecule has 38 heavy (non-hydrogen) atoms. The molecule has 0 heterocycles. The number of methoxy groups -OCH3 is 3. The Hall–Kier alpha value is -4.53. The first-order valence-corrected chi connectivity index (χ1v) is 11.4. The van der Waals surface area contributed by atoms with Crippen LogP contribution in [0.15, 0.2) is 84.9 Å².